The number of amides is 1. The minimum Gasteiger partial charge on any atom is -0.472 e. The third kappa shape index (κ3) is 3.60. The van der Waals surface area contributed by atoms with E-state index in [9.17, 15) is 4.79 Å². The van der Waals surface area contributed by atoms with E-state index in [1.54, 1.807) is 6.07 Å². The van der Waals surface area contributed by atoms with Crippen molar-refractivity contribution >= 4 is 22.6 Å². The van der Waals surface area contributed by atoms with E-state index in [0.717, 1.165) is 60.6 Å². The van der Waals surface area contributed by atoms with Gasteiger partial charge in [-0.1, -0.05) is 0 Å². The predicted octanol–water partition coefficient (Wildman–Crippen LogP) is 2.87. The Morgan fingerprint density at radius 3 is 2.89 bits per heavy atom. The van der Waals surface area contributed by atoms with Crippen molar-refractivity contribution in [1.82, 2.24) is 20.1 Å². The quantitative estimate of drug-likeness (QED) is 0.680. The third-order valence-electron chi connectivity index (χ3n) is 5.17. The molecule has 1 amide bonds. The number of hydrogen-bond donors (Lipinski definition) is 2. The van der Waals surface area contributed by atoms with Crippen molar-refractivity contribution in [3.05, 3.63) is 41.6 Å². The molecule has 8 nitrogen and oxygen atoms in total. The molecule has 4 heterocycles. The highest BCUT2D eigenvalue weighted by atomic mass is 16.5. The number of aromatic nitrogens is 3. The highest BCUT2D eigenvalue weighted by molar-refractivity contribution is 5.95. The summed E-state index contributed by atoms with van der Waals surface area (Å²) in [5, 5.41) is 12.1. The molecule has 0 unspecified atom stereocenters. The highest BCUT2D eigenvalue weighted by Crippen LogP contribution is 2.30. The summed E-state index contributed by atoms with van der Waals surface area (Å²) in [7, 11) is 0. The first-order chi connectivity index (χ1) is 13.7. The van der Waals surface area contributed by atoms with Crippen LogP contribution in [0.3, 0.4) is 0 Å². The third-order valence-corrected chi connectivity index (χ3v) is 5.17. The van der Waals surface area contributed by atoms with Gasteiger partial charge in [-0.15, -0.1) is 0 Å². The van der Waals surface area contributed by atoms with Crippen molar-refractivity contribution in [1.29, 1.82) is 0 Å². The number of carbonyl (C=O) groups is 1. The van der Waals surface area contributed by atoms with Gasteiger partial charge in [-0.05, 0) is 32.8 Å². The molecule has 0 aliphatic carbocycles. The Kier molecular flexibility index (Phi) is 5.29. The average Bonchev–Trinajstić information content (AvgIpc) is 3.38. The Labute approximate surface area is 163 Å². The van der Waals surface area contributed by atoms with Crippen LogP contribution in [0.2, 0.25) is 0 Å². The summed E-state index contributed by atoms with van der Waals surface area (Å²) in [6.45, 7) is 6.66. The van der Waals surface area contributed by atoms with Gasteiger partial charge >= 0.3 is 0 Å². The van der Waals surface area contributed by atoms with E-state index >= 15 is 0 Å². The lowest BCUT2D eigenvalue weighted by atomic mass is 10.0. The Morgan fingerprint density at radius 2 is 2.18 bits per heavy atom. The molecule has 4 rings (SSSR count). The Hall–Kier alpha value is -2.87. The van der Waals surface area contributed by atoms with E-state index in [1.807, 2.05) is 24.7 Å². The number of rotatable bonds is 6. The fraction of sp³-hybridized carbons (Fsp3) is 0.450. The fourth-order valence-corrected chi connectivity index (χ4v) is 3.57. The molecule has 148 valence electrons. The van der Waals surface area contributed by atoms with Crippen LogP contribution in [0.15, 0.2) is 29.2 Å². The van der Waals surface area contributed by atoms with Crippen LogP contribution in [0.1, 0.15) is 41.4 Å². The monoisotopic (exact) mass is 383 g/mol. The van der Waals surface area contributed by atoms with E-state index in [1.165, 1.54) is 12.5 Å². The lowest BCUT2D eigenvalue weighted by Crippen LogP contribution is -2.29. The van der Waals surface area contributed by atoms with Gasteiger partial charge in [-0.2, -0.15) is 5.10 Å². The molecule has 0 bridgehead atoms. The fourth-order valence-electron chi connectivity index (χ4n) is 3.57. The maximum absolute atomic E-state index is 12.4. The van der Waals surface area contributed by atoms with Gasteiger partial charge < -0.3 is 19.8 Å². The molecule has 1 aliphatic heterocycles. The Morgan fingerprint density at radius 1 is 1.36 bits per heavy atom. The van der Waals surface area contributed by atoms with Crippen LogP contribution >= 0.6 is 0 Å². The van der Waals surface area contributed by atoms with Gasteiger partial charge in [0.25, 0.3) is 5.91 Å². The smallest absolute Gasteiger partial charge is 0.254 e. The summed E-state index contributed by atoms with van der Waals surface area (Å²) in [6, 6.07) is 1.97. The van der Waals surface area contributed by atoms with E-state index in [-0.39, 0.29) is 5.91 Å². The molecule has 1 fully saturated rings. The summed E-state index contributed by atoms with van der Waals surface area (Å²) in [6.07, 6.45) is 6.69. The van der Waals surface area contributed by atoms with Gasteiger partial charge in [0.15, 0.2) is 5.65 Å². The normalized spacial score (nSPS) is 15.1. The van der Waals surface area contributed by atoms with Gasteiger partial charge in [0.05, 0.1) is 29.1 Å². The van der Waals surface area contributed by atoms with Crippen molar-refractivity contribution in [3.8, 4) is 0 Å². The number of nitrogens with zero attached hydrogens (tertiary/aromatic N) is 3. The van der Waals surface area contributed by atoms with Crippen LogP contribution in [0.4, 0.5) is 5.69 Å². The molecule has 0 saturated carbocycles. The number of nitrogens with one attached hydrogen (secondary N) is 2. The average molecular weight is 383 g/mol. The van der Waals surface area contributed by atoms with Crippen LogP contribution in [0, 0.1) is 6.92 Å². The first kappa shape index (κ1) is 18.5. The van der Waals surface area contributed by atoms with Gasteiger partial charge in [0.2, 0.25) is 0 Å². The number of ether oxygens (including phenoxy) is 1. The minimum absolute atomic E-state index is 0.172. The first-order valence-electron chi connectivity index (χ1n) is 9.67. The maximum atomic E-state index is 12.4. The van der Waals surface area contributed by atoms with Crippen LogP contribution in [0.5, 0.6) is 0 Å². The van der Waals surface area contributed by atoms with Gasteiger partial charge in [0, 0.05) is 43.6 Å². The number of aryl methyl sites for hydroxylation is 2. The number of fused-ring (bicyclic) bond motifs is 1. The summed E-state index contributed by atoms with van der Waals surface area (Å²) >= 11 is 0. The summed E-state index contributed by atoms with van der Waals surface area (Å²) in [5.74, 6) is -0.172. The molecular weight excluding hydrogens is 358 g/mol. The molecule has 0 atom stereocenters. The molecule has 28 heavy (non-hydrogen) atoms. The molecule has 8 heteroatoms. The van der Waals surface area contributed by atoms with Crippen LogP contribution in [0.25, 0.3) is 11.0 Å². The standard InChI is InChI=1S/C20H25N5O3/c1-3-25-19-17(11-22-25)18(24-15-5-8-27-9-6-15)16(13(2)23-19)10-21-20(26)14-4-7-28-12-14/h4,7,11-12,15H,3,5-6,8-10H2,1-2H3,(H,21,26)(H,23,24). The molecule has 1 saturated heterocycles. The maximum Gasteiger partial charge on any atom is 0.254 e. The van der Waals surface area contributed by atoms with Crippen LogP contribution in [-0.4, -0.2) is 39.9 Å². The van der Waals surface area contributed by atoms with E-state index in [0.29, 0.717) is 18.2 Å². The summed E-state index contributed by atoms with van der Waals surface area (Å²) < 4.78 is 12.4. The first-order valence-corrected chi connectivity index (χ1v) is 9.67. The van der Waals surface area contributed by atoms with Crippen molar-refractivity contribution in [2.75, 3.05) is 18.5 Å². The van der Waals surface area contributed by atoms with Crippen molar-refractivity contribution in [2.24, 2.45) is 0 Å². The van der Waals surface area contributed by atoms with Crippen molar-refractivity contribution in [3.63, 3.8) is 0 Å². The molecule has 0 radical (unpaired) electrons. The summed E-state index contributed by atoms with van der Waals surface area (Å²) in [5.41, 5.74) is 4.22. The lowest BCUT2D eigenvalue weighted by Gasteiger charge is -2.26. The zero-order chi connectivity index (χ0) is 19.5. The Balaban J connectivity index is 1.67. The van der Waals surface area contributed by atoms with E-state index in [2.05, 4.69) is 15.7 Å². The lowest BCUT2D eigenvalue weighted by molar-refractivity contribution is 0.0904. The van der Waals surface area contributed by atoms with Crippen molar-refractivity contribution < 1.29 is 13.9 Å². The molecule has 3 aromatic heterocycles. The molecule has 0 spiro atoms. The largest absolute Gasteiger partial charge is 0.472 e. The van der Waals surface area contributed by atoms with Crippen molar-refractivity contribution in [2.45, 2.75) is 45.8 Å². The molecule has 2 N–H and O–H groups in total. The number of pyridine rings is 1. The second kappa shape index (κ2) is 8.02. The topological polar surface area (TPSA) is 94.2 Å². The SMILES string of the molecule is CCn1ncc2c(NC3CCOCC3)c(CNC(=O)c3ccoc3)c(C)nc21. The molecule has 0 aromatic carbocycles. The van der Waals surface area contributed by atoms with Gasteiger partial charge in [0.1, 0.15) is 6.26 Å². The van der Waals surface area contributed by atoms with Gasteiger partial charge in [-0.3, -0.25) is 4.79 Å². The number of anilines is 1. The molecule has 3 aromatic rings. The molecule has 1 aliphatic rings. The number of furan rings is 1. The zero-order valence-corrected chi connectivity index (χ0v) is 16.2. The van der Waals surface area contributed by atoms with Gasteiger partial charge in [-0.25, -0.2) is 9.67 Å². The second-order valence-corrected chi connectivity index (χ2v) is 6.97. The highest BCUT2D eigenvalue weighted by Gasteiger charge is 2.21. The van der Waals surface area contributed by atoms with Crippen LogP contribution in [-0.2, 0) is 17.8 Å². The molecular formula is C20H25N5O3. The Bertz CT molecular complexity index is 958. The second-order valence-electron chi connectivity index (χ2n) is 6.97. The van der Waals surface area contributed by atoms with E-state index in [4.69, 9.17) is 14.1 Å². The summed E-state index contributed by atoms with van der Waals surface area (Å²) in [4.78, 5) is 17.1. The number of carbonyl (C=O) groups excluding carboxylic acids is 1. The predicted molar refractivity (Wildman–Crippen MR) is 105 cm³/mol. The number of hydrogen-bond acceptors (Lipinski definition) is 6. The zero-order valence-electron chi connectivity index (χ0n) is 16.2. The minimum atomic E-state index is -0.172. The van der Waals surface area contributed by atoms with E-state index < -0.39 is 0 Å². The van der Waals surface area contributed by atoms with Crippen LogP contribution < -0.4 is 10.6 Å².